The highest BCUT2D eigenvalue weighted by atomic mass is 16.5. The molecule has 0 saturated carbocycles. The first-order valence-corrected chi connectivity index (χ1v) is 5.88. The fraction of sp³-hybridized carbons (Fsp3) is 0.462. The van der Waals surface area contributed by atoms with E-state index >= 15 is 0 Å². The standard InChI is InChI=1S/C13H17NO4/c1-16-10-6-9(7-11(8-10)17-2)14-13(15)12-4-3-5-18-12/h6-8,12H,3-5H2,1-2H3,(H,14,15). The van der Waals surface area contributed by atoms with Gasteiger partial charge in [-0.15, -0.1) is 0 Å². The molecule has 5 heteroatoms. The third-order valence-corrected chi connectivity index (χ3v) is 2.84. The summed E-state index contributed by atoms with van der Waals surface area (Å²) in [5.41, 5.74) is 0.645. The maximum absolute atomic E-state index is 11.9. The van der Waals surface area contributed by atoms with Crippen molar-refractivity contribution in [1.82, 2.24) is 0 Å². The molecule has 0 radical (unpaired) electrons. The second-order valence-electron chi connectivity index (χ2n) is 4.09. The minimum Gasteiger partial charge on any atom is -0.497 e. The number of methoxy groups -OCH3 is 2. The molecule has 1 amide bonds. The molecule has 1 aromatic carbocycles. The van der Waals surface area contributed by atoms with E-state index < -0.39 is 0 Å². The molecule has 1 heterocycles. The average Bonchev–Trinajstić information content (AvgIpc) is 2.92. The van der Waals surface area contributed by atoms with Crippen molar-refractivity contribution in [3.05, 3.63) is 18.2 Å². The molecule has 1 aromatic rings. The Kier molecular flexibility index (Phi) is 4.04. The van der Waals surface area contributed by atoms with Crippen molar-refractivity contribution in [3.8, 4) is 11.5 Å². The first-order chi connectivity index (χ1) is 8.72. The van der Waals surface area contributed by atoms with Gasteiger partial charge in [0.15, 0.2) is 0 Å². The number of amides is 1. The Hall–Kier alpha value is -1.75. The summed E-state index contributed by atoms with van der Waals surface area (Å²) in [6, 6.07) is 5.24. The van der Waals surface area contributed by atoms with Gasteiger partial charge < -0.3 is 19.5 Å². The zero-order valence-electron chi connectivity index (χ0n) is 10.6. The van der Waals surface area contributed by atoms with Crippen molar-refractivity contribution < 1.29 is 19.0 Å². The molecule has 1 atom stereocenters. The van der Waals surface area contributed by atoms with Crippen LogP contribution in [0.5, 0.6) is 11.5 Å². The van der Waals surface area contributed by atoms with Crippen molar-refractivity contribution in [2.24, 2.45) is 0 Å². The normalized spacial score (nSPS) is 18.4. The minimum absolute atomic E-state index is 0.122. The number of carbonyl (C=O) groups is 1. The van der Waals surface area contributed by atoms with Crippen LogP contribution in [0.3, 0.4) is 0 Å². The van der Waals surface area contributed by atoms with Gasteiger partial charge in [-0.25, -0.2) is 0 Å². The van der Waals surface area contributed by atoms with Crippen LogP contribution in [0.1, 0.15) is 12.8 Å². The molecule has 0 bridgehead atoms. The van der Waals surface area contributed by atoms with Gasteiger partial charge in [0.05, 0.1) is 14.2 Å². The summed E-state index contributed by atoms with van der Waals surface area (Å²) in [5.74, 6) is 1.15. The number of nitrogens with one attached hydrogen (secondary N) is 1. The monoisotopic (exact) mass is 251 g/mol. The van der Waals surface area contributed by atoms with Gasteiger partial charge in [-0.1, -0.05) is 0 Å². The summed E-state index contributed by atoms with van der Waals surface area (Å²) in [5, 5.41) is 2.81. The maximum atomic E-state index is 11.9. The molecule has 1 saturated heterocycles. The lowest BCUT2D eigenvalue weighted by atomic mass is 10.2. The molecule has 0 aliphatic carbocycles. The van der Waals surface area contributed by atoms with Gasteiger partial charge in [0.25, 0.3) is 5.91 Å². The zero-order valence-corrected chi connectivity index (χ0v) is 10.6. The maximum Gasteiger partial charge on any atom is 0.253 e. The molecule has 1 aliphatic rings. The predicted molar refractivity (Wildman–Crippen MR) is 67.1 cm³/mol. The number of hydrogen-bond donors (Lipinski definition) is 1. The highest BCUT2D eigenvalue weighted by molar-refractivity contribution is 5.94. The lowest BCUT2D eigenvalue weighted by Gasteiger charge is -2.12. The zero-order chi connectivity index (χ0) is 13.0. The van der Waals surface area contributed by atoms with E-state index in [1.54, 1.807) is 32.4 Å². The number of anilines is 1. The van der Waals surface area contributed by atoms with Gasteiger partial charge >= 0.3 is 0 Å². The second-order valence-corrected chi connectivity index (χ2v) is 4.09. The van der Waals surface area contributed by atoms with E-state index in [1.807, 2.05) is 0 Å². The quantitative estimate of drug-likeness (QED) is 0.886. The fourth-order valence-corrected chi connectivity index (χ4v) is 1.89. The van der Waals surface area contributed by atoms with Gasteiger partial charge in [0, 0.05) is 30.5 Å². The van der Waals surface area contributed by atoms with E-state index in [1.165, 1.54) is 0 Å². The van der Waals surface area contributed by atoms with Crippen LogP contribution in [0.4, 0.5) is 5.69 Å². The molecule has 1 N–H and O–H groups in total. The van der Waals surface area contributed by atoms with Crippen LogP contribution in [0.2, 0.25) is 0 Å². The van der Waals surface area contributed by atoms with E-state index in [-0.39, 0.29) is 12.0 Å². The van der Waals surface area contributed by atoms with Gasteiger partial charge in [-0.3, -0.25) is 4.79 Å². The first-order valence-electron chi connectivity index (χ1n) is 5.88. The van der Waals surface area contributed by atoms with Crippen LogP contribution in [0.15, 0.2) is 18.2 Å². The Morgan fingerprint density at radius 2 is 1.94 bits per heavy atom. The molecule has 0 spiro atoms. The summed E-state index contributed by atoms with van der Waals surface area (Å²) >= 11 is 0. The number of ether oxygens (including phenoxy) is 3. The van der Waals surface area contributed by atoms with Crippen LogP contribution in [-0.4, -0.2) is 32.8 Å². The number of hydrogen-bond acceptors (Lipinski definition) is 4. The van der Waals surface area contributed by atoms with Gasteiger partial charge in [-0.2, -0.15) is 0 Å². The highest BCUT2D eigenvalue weighted by Crippen LogP contribution is 2.26. The van der Waals surface area contributed by atoms with E-state index in [9.17, 15) is 4.79 Å². The Labute approximate surface area is 106 Å². The van der Waals surface area contributed by atoms with Crippen LogP contribution < -0.4 is 14.8 Å². The van der Waals surface area contributed by atoms with E-state index in [2.05, 4.69) is 5.32 Å². The molecular weight excluding hydrogens is 234 g/mol. The molecule has 5 nitrogen and oxygen atoms in total. The lowest BCUT2D eigenvalue weighted by molar-refractivity contribution is -0.124. The van der Waals surface area contributed by atoms with E-state index in [0.29, 0.717) is 23.8 Å². The van der Waals surface area contributed by atoms with Gasteiger partial charge in [-0.05, 0) is 12.8 Å². The Balaban J connectivity index is 2.09. The van der Waals surface area contributed by atoms with Crippen molar-refractivity contribution in [1.29, 1.82) is 0 Å². The first kappa shape index (κ1) is 12.7. The largest absolute Gasteiger partial charge is 0.497 e. The molecule has 1 fully saturated rings. The molecule has 1 aliphatic heterocycles. The van der Waals surface area contributed by atoms with Gasteiger partial charge in [0.1, 0.15) is 17.6 Å². The van der Waals surface area contributed by atoms with Gasteiger partial charge in [0.2, 0.25) is 0 Å². The Morgan fingerprint density at radius 1 is 1.28 bits per heavy atom. The highest BCUT2D eigenvalue weighted by Gasteiger charge is 2.23. The third-order valence-electron chi connectivity index (χ3n) is 2.84. The molecule has 2 rings (SSSR count). The number of rotatable bonds is 4. The van der Waals surface area contributed by atoms with E-state index in [0.717, 1.165) is 12.8 Å². The molecule has 1 unspecified atom stereocenters. The molecule has 98 valence electrons. The molecular formula is C13H17NO4. The number of carbonyl (C=O) groups excluding carboxylic acids is 1. The molecule has 18 heavy (non-hydrogen) atoms. The SMILES string of the molecule is COc1cc(NC(=O)C2CCCO2)cc(OC)c1. The molecule has 0 aromatic heterocycles. The lowest BCUT2D eigenvalue weighted by Crippen LogP contribution is -2.26. The Morgan fingerprint density at radius 3 is 2.44 bits per heavy atom. The van der Waals surface area contributed by atoms with Crippen molar-refractivity contribution >= 4 is 11.6 Å². The topological polar surface area (TPSA) is 56.8 Å². The summed E-state index contributed by atoms with van der Waals surface area (Å²) in [4.78, 5) is 11.9. The summed E-state index contributed by atoms with van der Waals surface area (Å²) in [6.45, 7) is 0.652. The summed E-state index contributed by atoms with van der Waals surface area (Å²) in [6.07, 6.45) is 1.36. The van der Waals surface area contributed by atoms with E-state index in [4.69, 9.17) is 14.2 Å². The number of benzene rings is 1. The third kappa shape index (κ3) is 2.92. The van der Waals surface area contributed by atoms with Crippen LogP contribution in [0.25, 0.3) is 0 Å². The smallest absolute Gasteiger partial charge is 0.253 e. The predicted octanol–water partition coefficient (Wildman–Crippen LogP) is 1.82. The summed E-state index contributed by atoms with van der Waals surface area (Å²) < 4.78 is 15.6. The van der Waals surface area contributed by atoms with Crippen molar-refractivity contribution in [2.75, 3.05) is 26.1 Å². The Bertz CT molecular complexity index is 405. The minimum atomic E-state index is -0.345. The fourth-order valence-electron chi connectivity index (χ4n) is 1.89. The van der Waals surface area contributed by atoms with Crippen molar-refractivity contribution in [3.63, 3.8) is 0 Å². The summed E-state index contributed by atoms with van der Waals surface area (Å²) in [7, 11) is 3.14. The van der Waals surface area contributed by atoms with Crippen LogP contribution in [-0.2, 0) is 9.53 Å². The van der Waals surface area contributed by atoms with Crippen LogP contribution in [0, 0.1) is 0 Å². The average molecular weight is 251 g/mol. The second kappa shape index (κ2) is 5.73. The van der Waals surface area contributed by atoms with Crippen molar-refractivity contribution in [2.45, 2.75) is 18.9 Å². The van der Waals surface area contributed by atoms with Crippen LogP contribution >= 0.6 is 0 Å².